The quantitative estimate of drug-likeness (QED) is 0.170. The first-order chi connectivity index (χ1) is 27.9. The molecule has 0 radical (unpaired) electrons. The fraction of sp³-hybridized carbons (Fsp3) is 0.0577. The van der Waals surface area contributed by atoms with Crippen molar-refractivity contribution in [1.29, 1.82) is 5.26 Å². The molecule has 10 rings (SSSR count). The summed E-state index contributed by atoms with van der Waals surface area (Å²) in [5, 5.41) is 12.6. The molecular formula is C52H35N5. The molecule has 9 aromatic rings. The Hall–Kier alpha value is -7.55. The van der Waals surface area contributed by atoms with E-state index in [9.17, 15) is 5.26 Å². The second-order valence-corrected chi connectivity index (χ2v) is 15.0. The van der Waals surface area contributed by atoms with Crippen LogP contribution in [0.4, 0.5) is 0 Å². The van der Waals surface area contributed by atoms with Crippen LogP contribution in [0.2, 0.25) is 0 Å². The Balaban J connectivity index is 1.15. The minimum atomic E-state index is -0.386. The summed E-state index contributed by atoms with van der Waals surface area (Å²) in [4.78, 5) is 19.8. The van der Waals surface area contributed by atoms with Gasteiger partial charge in [-0.2, -0.15) is 5.26 Å². The Morgan fingerprint density at radius 1 is 0.474 bits per heavy atom. The van der Waals surface area contributed by atoms with Gasteiger partial charge in [-0.25, -0.2) is 15.0 Å². The van der Waals surface area contributed by atoms with E-state index in [0.717, 1.165) is 72.1 Å². The van der Waals surface area contributed by atoms with Gasteiger partial charge in [0, 0.05) is 40.1 Å². The molecule has 57 heavy (non-hydrogen) atoms. The van der Waals surface area contributed by atoms with Gasteiger partial charge in [0.1, 0.15) is 0 Å². The van der Waals surface area contributed by atoms with E-state index in [0.29, 0.717) is 17.5 Å². The molecule has 0 spiro atoms. The van der Waals surface area contributed by atoms with Crippen molar-refractivity contribution < 1.29 is 0 Å². The van der Waals surface area contributed by atoms with Gasteiger partial charge in [0.15, 0.2) is 17.5 Å². The highest BCUT2D eigenvalue weighted by atomic mass is 15.0. The van der Waals surface area contributed by atoms with Crippen molar-refractivity contribution in [1.82, 2.24) is 19.9 Å². The molecule has 0 bridgehead atoms. The molecule has 0 aliphatic heterocycles. The average molecular weight is 730 g/mol. The Kier molecular flexibility index (Phi) is 8.13. The van der Waals surface area contributed by atoms with E-state index in [2.05, 4.69) is 134 Å². The number of hydrogen-bond donors (Lipinski definition) is 0. The first-order valence-corrected chi connectivity index (χ1v) is 19.1. The van der Waals surface area contributed by atoms with Crippen LogP contribution in [0, 0.1) is 11.3 Å². The fourth-order valence-corrected chi connectivity index (χ4v) is 8.37. The van der Waals surface area contributed by atoms with E-state index in [-0.39, 0.29) is 5.41 Å². The number of pyridine rings is 1. The predicted octanol–water partition coefficient (Wildman–Crippen LogP) is 12.6. The first kappa shape index (κ1) is 34.0. The first-order valence-electron chi connectivity index (χ1n) is 19.1. The number of aromatic nitrogens is 4. The van der Waals surface area contributed by atoms with Gasteiger partial charge >= 0.3 is 0 Å². The summed E-state index contributed by atoms with van der Waals surface area (Å²) < 4.78 is 0. The highest BCUT2D eigenvalue weighted by Crippen LogP contribution is 2.53. The topological polar surface area (TPSA) is 75.3 Å². The van der Waals surface area contributed by atoms with E-state index in [4.69, 9.17) is 15.0 Å². The van der Waals surface area contributed by atoms with Crippen LogP contribution in [0.1, 0.15) is 30.5 Å². The number of fused-ring (bicyclic) bond motifs is 5. The van der Waals surface area contributed by atoms with Crippen LogP contribution in [0.5, 0.6) is 0 Å². The molecule has 5 heteroatoms. The minimum Gasteiger partial charge on any atom is -0.264 e. The van der Waals surface area contributed by atoms with Gasteiger partial charge < -0.3 is 0 Å². The van der Waals surface area contributed by atoms with Crippen molar-refractivity contribution in [3.05, 3.63) is 193 Å². The van der Waals surface area contributed by atoms with Crippen LogP contribution < -0.4 is 0 Å². The summed E-state index contributed by atoms with van der Waals surface area (Å²) in [6.45, 7) is 4.47. The molecule has 0 saturated carbocycles. The molecule has 2 aromatic heterocycles. The largest absolute Gasteiger partial charge is 0.264 e. The van der Waals surface area contributed by atoms with Crippen LogP contribution in [0.3, 0.4) is 0 Å². The smallest absolute Gasteiger partial charge is 0.164 e. The number of rotatable bonds is 6. The van der Waals surface area contributed by atoms with Crippen LogP contribution in [0.25, 0.3) is 89.4 Å². The Morgan fingerprint density at radius 3 is 1.70 bits per heavy atom. The van der Waals surface area contributed by atoms with Crippen LogP contribution in [0.15, 0.2) is 176 Å². The van der Waals surface area contributed by atoms with Crippen molar-refractivity contribution >= 4 is 10.8 Å². The molecule has 7 aromatic carbocycles. The van der Waals surface area contributed by atoms with E-state index >= 15 is 0 Å². The Labute approximate surface area is 331 Å². The van der Waals surface area contributed by atoms with E-state index in [1.807, 2.05) is 60.8 Å². The zero-order valence-corrected chi connectivity index (χ0v) is 31.5. The average Bonchev–Trinajstić information content (AvgIpc) is 3.52. The molecule has 5 nitrogen and oxygen atoms in total. The van der Waals surface area contributed by atoms with Crippen molar-refractivity contribution in [2.45, 2.75) is 19.3 Å². The van der Waals surface area contributed by atoms with Crippen LogP contribution in [-0.4, -0.2) is 19.9 Å². The summed E-state index contributed by atoms with van der Waals surface area (Å²) in [5.74, 6) is 1.79. The molecule has 268 valence electrons. The third-order valence-corrected chi connectivity index (χ3v) is 11.2. The van der Waals surface area contributed by atoms with Crippen molar-refractivity contribution in [2.75, 3.05) is 0 Å². The lowest BCUT2D eigenvalue weighted by molar-refractivity contribution is 0.659. The van der Waals surface area contributed by atoms with Crippen molar-refractivity contribution in [2.24, 2.45) is 0 Å². The van der Waals surface area contributed by atoms with Crippen LogP contribution in [-0.2, 0) is 5.41 Å². The monoisotopic (exact) mass is 729 g/mol. The molecule has 1 aliphatic rings. The molecule has 0 atom stereocenters. The number of hydrogen-bond acceptors (Lipinski definition) is 5. The van der Waals surface area contributed by atoms with Gasteiger partial charge in [-0.3, -0.25) is 4.98 Å². The second kappa shape index (κ2) is 13.6. The number of benzene rings is 7. The number of nitrogens with zero attached hydrogens (tertiary/aromatic N) is 5. The molecule has 0 amide bonds. The molecule has 0 fully saturated rings. The summed E-state index contributed by atoms with van der Waals surface area (Å²) >= 11 is 0. The Bertz CT molecular complexity index is 3020. The standard InChI is InChI=1S/C52H35N5/c1-52(2)46-30-37(23-24-45(46)47-44-18-10-9-16-38(44)26-43(31-53)48(47)52)40-27-41(39-17-11-25-54-32-39)29-42(28-40)51-56-49(35-14-7-4-8-15-35)55-50(57-51)36-21-19-34(20-22-36)33-12-5-3-6-13-33/h3-30,32H,1-2H3. The van der Waals surface area contributed by atoms with Gasteiger partial charge in [-0.05, 0) is 97.2 Å². The zero-order chi connectivity index (χ0) is 38.5. The van der Waals surface area contributed by atoms with E-state index in [1.165, 1.54) is 16.5 Å². The molecule has 0 unspecified atom stereocenters. The van der Waals surface area contributed by atoms with Gasteiger partial charge in [0.05, 0.1) is 11.6 Å². The molecule has 1 aliphatic carbocycles. The molecule has 2 heterocycles. The fourth-order valence-electron chi connectivity index (χ4n) is 8.37. The Morgan fingerprint density at radius 2 is 1.02 bits per heavy atom. The third-order valence-electron chi connectivity index (χ3n) is 11.2. The van der Waals surface area contributed by atoms with Gasteiger partial charge in [-0.1, -0.05) is 141 Å². The van der Waals surface area contributed by atoms with E-state index in [1.54, 1.807) is 6.20 Å². The van der Waals surface area contributed by atoms with Crippen LogP contribution >= 0.6 is 0 Å². The lowest BCUT2D eigenvalue weighted by atomic mass is 9.79. The summed E-state index contributed by atoms with van der Waals surface area (Å²) in [5.41, 5.74) is 14.0. The van der Waals surface area contributed by atoms with Crippen molar-refractivity contribution in [3.63, 3.8) is 0 Å². The lowest BCUT2D eigenvalue weighted by Gasteiger charge is -2.23. The normalized spacial score (nSPS) is 12.5. The molecular weight excluding hydrogens is 695 g/mol. The molecule has 0 saturated heterocycles. The summed E-state index contributed by atoms with van der Waals surface area (Å²) in [7, 11) is 0. The second-order valence-electron chi connectivity index (χ2n) is 15.0. The van der Waals surface area contributed by atoms with E-state index < -0.39 is 0 Å². The highest BCUT2D eigenvalue weighted by Gasteiger charge is 2.39. The SMILES string of the molecule is CC1(C)c2cc(-c3cc(-c4cccnc4)cc(-c4nc(-c5ccccc5)nc(-c5ccc(-c6ccccc6)cc5)n4)c3)ccc2-c2c1c(C#N)cc1ccccc21. The maximum atomic E-state index is 10.4. The minimum absolute atomic E-state index is 0.386. The van der Waals surface area contributed by atoms with Gasteiger partial charge in [0.2, 0.25) is 0 Å². The lowest BCUT2D eigenvalue weighted by Crippen LogP contribution is -2.16. The predicted molar refractivity (Wildman–Crippen MR) is 230 cm³/mol. The van der Waals surface area contributed by atoms with Crippen molar-refractivity contribution in [3.8, 4) is 84.7 Å². The molecule has 0 N–H and O–H groups in total. The summed E-state index contributed by atoms with van der Waals surface area (Å²) in [6.07, 6.45) is 3.68. The maximum absolute atomic E-state index is 10.4. The third kappa shape index (κ3) is 5.96. The summed E-state index contributed by atoms with van der Waals surface area (Å²) in [6, 6.07) is 59.1. The highest BCUT2D eigenvalue weighted by molar-refractivity contribution is 6.04. The maximum Gasteiger partial charge on any atom is 0.164 e. The number of nitriles is 1. The van der Waals surface area contributed by atoms with Gasteiger partial charge in [0.25, 0.3) is 0 Å². The van der Waals surface area contributed by atoms with Gasteiger partial charge in [-0.15, -0.1) is 0 Å². The zero-order valence-electron chi connectivity index (χ0n) is 31.5.